The quantitative estimate of drug-likeness (QED) is 0.459. The molecule has 0 aliphatic heterocycles. The molecular weight excluding hydrogens is 234 g/mol. The number of hydrogen-bond acceptors (Lipinski definition) is 4. The Morgan fingerprint density at radius 1 is 1.24 bits per heavy atom. The summed E-state index contributed by atoms with van der Waals surface area (Å²) in [6.07, 6.45) is -0.601. The van der Waals surface area contributed by atoms with Crippen LogP contribution in [0.2, 0.25) is 0 Å². The SMILES string of the molecule is COC(=O)CC(=O)c1cc(F)cc(F)c1OC. The van der Waals surface area contributed by atoms with Crippen molar-refractivity contribution in [2.24, 2.45) is 0 Å². The predicted molar refractivity (Wildman–Crippen MR) is 53.9 cm³/mol. The molecule has 0 heterocycles. The molecule has 0 N–H and O–H groups in total. The molecule has 0 spiro atoms. The van der Waals surface area contributed by atoms with Crippen LogP contribution in [-0.4, -0.2) is 26.0 Å². The van der Waals surface area contributed by atoms with Gasteiger partial charge in [-0.2, -0.15) is 0 Å². The van der Waals surface area contributed by atoms with E-state index in [9.17, 15) is 18.4 Å². The highest BCUT2D eigenvalue weighted by Gasteiger charge is 2.20. The Labute approximate surface area is 96.1 Å². The van der Waals surface area contributed by atoms with Gasteiger partial charge in [0, 0.05) is 6.07 Å². The number of ketones is 1. The van der Waals surface area contributed by atoms with Gasteiger partial charge in [0.2, 0.25) is 0 Å². The highest BCUT2D eigenvalue weighted by atomic mass is 19.1. The largest absolute Gasteiger partial charge is 0.493 e. The third-order valence-corrected chi connectivity index (χ3v) is 2.05. The fraction of sp³-hybridized carbons (Fsp3) is 0.273. The van der Waals surface area contributed by atoms with E-state index in [0.29, 0.717) is 6.07 Å². The Kier molecular flexibility index (Phi) is 4.14. The molecule has 0 amide bonds. The molecule has 0 radical (unpaired) electrons. The lowest BCUT2D eigenvalue weighted by atomic mass is 10.1. The number of halogens is 2. The summed E-state index contributed by atoms with van der Waals surface area (Å²) in [6.45, 7) is 0. The minimum absolute atomic E-state index is 0.324. The van der Waals surface area contributed by atoms with Crippen LogP contribution in [-0.2, 0) is 9.53 Å². The Morgan fingerprint density at radius 2 is 1.88 bits per heavy atom. The van der Waals surface area contributed by atoms with Gasteiger partial charge in [0.1, 0.15) is 12.2 Å². The van der Waals surface area contributed by atoms with Crippen molar-refractivity contribution in [1.82, 2.24) is 0 Å². The summed E-state index contributed by atoms with van der Waals surface area (Å²) < 4.78 is 35.2. The van der Waals surface area contributed by atoms with Crippen molar-refractivity contribution in [3.8, 4) is 5.75 Å². The van der Waals surface area contributed by atoms with Crippen LogP contribution >= 0.6 is 0 Å². The van der Waals surface area contributed by atoms with Gasteiger partial charge in [-0.1, -0.05) is 0 Å². The zero-order valence-corrected chi connectivity index (χ0v) is 9.25. The fourth-order valence-corrected chi connectivity index (χ4v) is 1.27. The molecule has 0 fully saturated rings. The van der Waals surface area contributed by atoms with Crippen molar-refractivity contribution in [2.75, 3.05) is 14.2 Å². The van der Waals surface area contributed by atoms with Gasteiger partial charge >= 0.3 is 5.97 Å². The summed E-state index contributed by atoms with van der Waals surface area (Å²) >= 11 is 0. The van der Waals surface area contributed by atoms with Crippen LogP contribution in [0.4, 0.5) is 8.78 Å². The van der Waals surface area contributed by atoms with Crippen LogP contribution in [0, 0.1) is 11.6 Å². The standard InChI is InChI=1S/C11H10F2O4/c1-16-10(15)5-9(14)7-3-6(12)4-8(13)11(7)17-2/h3-4H,5H2,1-2H3. The van der Waals surface area contributed by atoms with Gasteiger partial charge < -0.3 is 9.47 Å². The molecule has 0 bridgehead atoms. The lowest BCUT2D eigenvalue weighted by Crippen LogP contribution is -2.11. The molecule has 4 nitrogen and oxygen atoms in total. The molecule has 17 heavy (non-hydrogen) atoms. The van der Waals surface area contributed by atoms with Crippen LogP contribution in [0.15, 0.2) is 12.1 Å². The molecule has 0 unspecified atom stereocenters. The molecular formula is C11H10F2O4. The maximum Gasteiger partial charge on any atom is 0.313 e. The Balaban J connectivity index is 3.12. The first-order chi connectivity index (χ1) is 7.99. The van der Waals surface area contributed by atoms with Gasteiger partial charge in [-0.05, 0) is 6.07 Å². The maximum atomic E-state index is 13.3. The predicted octanol–water partition coefficient (Wildman–Crippen LogP) is 1.72. The lowest BCUT2D eigenvalue weighted by molar-refractivity contribution is -0.139. The van der Waals surface area contributed by atoms with E-state index in [1.807, 2.05) is 0 Å². The van der Waals surface area contributed by atoms with Crippen molar-refractivity contribution in [3.63, 3.8) is 0 Å². The first-order valence-electron chi connectivity index (χ1n) is 4.62. The number of Topliss-reactive ketones (excluding diaryl/α,β-unsaturated/α-hetero) is 1. The average Bonchev–Trinajstić information content (AvgIpc) is 2.27. The van der Waals surface area contributed by atoms with E-state index in [1.54, 1.807) is 0 Å². The lowest BCUT2D eigenvalue weighted by Gasteiger charge is -2.08. The molecule has 0 aliphatic carbocycles. The third-order valence-electron chi connectivity index (χ3n) is 2.05. The van der Waals surface area contributed by atoms with E-state index >= 15 is 0 Å². The second-order valence-electron chi connectivity index (χ2n) is 3.14. The van der Waals surface area contributed by atoms with Gasteiger partial charge in [-0.25, -0.2) is 8.78 Å². The van der Waals surface area contributed by atoms with Gasteiger partial charge in [-0.3, -0.25) is 9.59 Å². The molecule has 6 heteroatoms. The summed E-state index contributed by atoms with van der Waals surface area (Å²) in [5.41, 5.74) is -0.324. The van der Waals surface area contributed by atoms with Crippen molar-refractivity contribution in [1.29, 1.82) is 0 Å². The van der Waals surface area contributed by atoms with E-state index in [1.165, 1.54) is 0 Å². The van der Waals surface area contributed by atoms with Crippen molar-refractivity contribution >= 4 is 11.8 Å². The molecule has 0 aromatic heterocycles. The second kappa shape index (κ2) is 5.38. The number of hydrogen-bond donors (Lipinski definition) is 0. The fourth-order valence-electron chi connectivity index (χ4n) is 1.27. The zero-order chi connectivity index (χ0) is 13.0. The van der Waals surface area contributed by atoms with Crippen molar-refractivity contribution in [2.45, 2.75) is 6.42 Å². The maximum absolute atomic E-state index is 13.3. The Hall–Kier alpha value is -1.98. The summed E-state index contributed by atoms with van der Waals surface area (Å²) in [4.78, 5) is 22.5. The Morgan fingerprint density at radius 3 is 2.41 bits per heavy atom. The number of methoxy groups -OCH3 is 2. The molecule has 0 aliphatic rings. The van der Waals surface area contributed by atoms with Crippen LogP contribution in [0.25, 0.3) is 0 Å². The number of carbonyl (C=O) groups is 2. The third kappa shape index (κ3) is 2.99. The molecule has 0 atom stereocenters. The van der Waals surface area contributed by atoms with Gasteiger partial charge in [-0.15, -0.1) is 0 Å². The number of ether oxygens (including phenoxy) is 2. The van der Waals surface area contributed by atoms with Crippen LogP contribution in [0.1, 0.15) is 16.8 Å². The summed E-state index contributed by atoms with van der Waals surface area (Å²) in [7, 11) is 2.25. The normalized spacial score (nSPS) is 9.88. The molecule has 1 aromatic rings. The van der Waals surface area contributed by atoms with E-state index < -0.39 is 29.8 Å². The molecule has 0 saturated heterocycles. The number of carbonyl (C=O) groups excluding carboxylic acids is 2. The number of esters is 1. The molecule has 92 valence electrons. The van der Waals surface area contributed by atoms with E-state index in [2.05, 4.69) is 9.47 Å². The monoisotopic (exact) mass is 244 g/mol. The summed E-state index contributed by atoms with van der Waals surface area (Å²) in [5.74, 6) is -3.87. The van der Waals surface area contributed by atoms with Crippen LogP contribution in [0.3, 0.4) is 0 Å². The van der Waals surface area contributed by atoms with E-state index in [0.717, 1.165) is 20.3 Å². The number of rotatable bonds is 4. The highest BCUT2D eigenvalue weighted by molar-refractivity contribution is 6.07. The summed E-state index contributed by atoms with van der Waals surface area (Å²) in [6, 6.07) is 1.40. The van der Waals surface area contributed by atoms with Crippen LogP contribution < -0.4 is 4.74 Å². The molecule has 1 rings (SSSR count). The zero-order valence-electron chi connectivity index (χ0n) is 9.25. The first kappa shape index (κ1) is 13.1. The van der Waals surface area contributed by atoms with Gasteiger partial charge in [0.25, 0.3) is 0 Å². The number of benzene rings is 1. The second-order valence-corrected chi connectivity index (χ2v) is 3.14. The summed E-state index contributed by atoms with van der Waals surface area (Å²) in [5, 5.41) is 0. The topological polar surface area (TPSA) is 52.6 Å². The van der Waals surface area contributed by atoms with E-state index in [4.69, 9.17) is 0 Å². The van der Waals surface area contributed by atoms with Gasteiger partial charge in [0.15, 0.2) is 17.3 Å². The first-order valence-corrected chi connectivity index (χ1v) is 4.62. The smallest absolute Gasteiger partial charge is 0.313 e. The molecule has 0 saturated carbocycles. The average molecular weight is 244 g/mol. The minimum Gasteiger partial charge on any atom is -0.493 e. The highest BCUT2D eigenvalue weighted by Crippen LogP contribution is 2.25. The van der Waals surface area contributed by atoms with Crippen molar-refractivity contribution in [3.05, 3.63) is 29.3 Å². The van der Waals surface area contributed by atoms with Crippen molar-refractivity contribution < 1.29 is 27.8 Å². The van der Waals surface area contributed by atoms with Crippen LogP contribution in [0.5, 0.6) is 5.75 Å². The Bertz CT molecular complexity index is 457. The minimum atomic E-state index is -0.999. The molecule has 1 aromatic carbocycles. The van der Waals surface area contributed by atoms with E-state index in [-0.39, 0.29) is 11.3 Å². The van der Waals surface area contributed by atoms with Gasteiger partial charge in [0.05, 0.1) is 19.8 Å².